The number of hydrogen-bond donors (Lipinski definition) is 0. The Kier molecular flexibility index (Phi) is 5.69. The first-order valence-corrected chi connectivity index (χ1v) is 12.7. The number of aryl methyl sites for hydroxylation is 1. The maximum atomic E-state index is 5.75. The third-order valence-electron chi connectivity index (χ3n) is 5.93. The molecule has 4 aromatic carbocycles. The Balaban J connectivity index is 1.89. The predicted octanol–water partition coefficient (Wildman–Crippen LogP) is 6.54. The lowest BCUT2D eigenvalue weighted by atomic mass is 10.0. The molecule has 152 valence electrons. The molecule has 0 N–H and O–H groups in total. The van der Waals surface area contributed by atoms with Crippen molar-refractivity contribution in [3.8, 4) is 0 Å². The Morgan fingerprint density at radius 1 is 0.548 bits per heavy atom. The second-order valence-electron chi connectivity index (χ2n) is 7.88. The van der Waals surface area contributed by atoms with Gasteiger partial charge in [0.15, 0.2) is 0 Å². The first-order chi connectivity index (χ1) is 15.4. The molecule has 0 spiro atoms. The molecule has 0 saturated carbocycles. The Hall–Kier alpha value is -3.15. The molecular weight excluding hydrogens is 393 g/mol. The van der Waals surface area contributed by atoms with E-state index in [0.29, 0.717) is 0 Å². The average Bonchev–Trinajstić information content (AvgIpc) is 3.06. The SMILES string of the molecule is C1=C(N=P(c2ccccc2)(c2ccccc2)c2ccccc2)c2ccccc2CCC1. The van der Waals surface area contributed by atoms with E-state index in [2.05, 4.69) is 121 Å². The van der Waals surface area contributed by atoms with Crippen molar-refractivity contribution in [1.82, 2.24) is 0 Å². The minimum atomic E-state index is -2.24. The lowest BCUT2D eigenvalue weighted by Crippen LogP contribution is -2.25. The minimum Gasteiger partial charge on any atom is -0.254 e. The van der Waals surface area contributed by atoms with Crippen LogP contribution >= 0.6 is 7.05 Å². The molecule has 0 heterocycles. The van der Waals surface area contributed by atoms with Crippen molar-refractivity contribution in [3.63, 3.8) is 0 Å². The molecule has 5 rings (SSSR count). The molecule has 0 saturated heterocycles. The van der Waals surface area contributed by atoms with Crippen molar-refractivity contribution in [3.05, 3.63) is 132 Å². The van der Waals surface area contributed by atoms with Gasteiger partial charge in [0.25, 0.3) is 0 Å². The summed E-state index contributed by atoms with van der Waals surface area (Å²) in [6, 6.07) is 41.4. The highest BCUT2D eigenvalue weighted by Gasteiger charge is 2.28. The molecule has 0 atom stereocenters. The van der Waals surface area contributed by atoms with Gasteiger partial charge >= 0.3 is 0 Å². The molecular formula is C29H26NP. The normalized spacial score (nSPS) is 13.6. The second-order valence-corrected chi connectivity index (χ2v) is 10.9. The van der Waals surface area contributed by atoms with E-state index in [1.807, 2.05) is 0 Å². The minimum absolute atomic E-state index is 1.06. The fourth-order valence-corrected chi connectivity index (χ4v) is 8.00. The van der Waals surface area contributed by atoms with E-state index in [9.17, 15) is 0 Å². The van der Waals surface area contributed by atoms with Crippen LogP contribution in [0.25, 0.3) is 5.70 Å². The van der Waals surface area contributed by atoms with Gasteiger partial charge in [-0.15, -0.1) is 0 Å². The highest BCUT2D eigenvalue weighted by Crippen LogP contribution is 2.49. The van der Waals surface area contributed by atoms with Crippen LogP contribution in [-0.2, 0) is 6.42 Å². The molecule has 31 heavy (non-hydrogen) atoms. The number of hydrogen-bond acceptors (Lipinski definition) is 1. The zero-order chi connectivity index (χ0) is 20.9. The maximum Gasteiger partial charge on any atom is 0.0660 e. The summed E-state index contributed by atoms with van der Waals surface area (Å²) < 4.78 is 5.75. The van der Waals surface area contributed by atoms with Crippen LogP contribution in [0.3, 0.4) is 0 Å². The predicted molar refractivity (Wildman–Crippen MR) is 135 cm³/mol. The van der Waals surface area contributed by atoms with Crippen LogP contribution in [0.5, 0.6) is 0 Å². The first-order valence-electron chi connectivity index (χ1n) is 11.0. The van der Waals surface area contributed by atoms with Crippen molar-refractivity contribution < 1.29 is 0 Å². The summed E-state index contributed by atoms with van der Waals surface area (Å²) in [4.78, 5) is 0. The highest BCUT2D eigenvalue weighted by molar-refractivity contribution is 7.87. The van der Waals surface area contributed by atoms with Gasteiger partial charge in [-0.3, -0.25) is 4.74 Å². The lowest BCUT2D eigenvalue weighted by molar-refractivity contribution is 0.851. The number of rotatable bonds is 4. The van der Waals surface area contributed by atoms with Crippen LogP contribution in [0.1, 0.15) is 24.0 Å². The highest BCUT2D eigenvalue weighted by atomic mass is 31.2. The van der Waals surface area contributed by atoms with Gasteiger partial charge in [-0.1, -0.05) is 121 Å². The molecule has 4 aromatic rings. The summed E-state index contributed by atoms with van der Waals surface area (Å²) in [5, 5.41) is 3.86. The van der Waals surface area contributed by atoms with E-state index in [0.717, 1.165) is 18.5 Å². The van der Waals surface area contributed by atoms with Crippen LogP contribution in [0.15, 0.2) is 126 Å². The van der Waals surface area contributed by atoms with Gasteiger partial charge in [-0.2, -0.15) is 0 Å². The molecule has 1 aliphatic carbocycles. The molecule has 1 aliphatic rings. The molecule has 0 fully saturated rings. The molecule has 0 radical (unpaired) electrons. The fourth-order valence-electron chi connectivity index (χ4n) is 4.44. The summed E-state index contributed by atoms with van der Waals surface area (Å²) >= 11 is 0. The molecule has 1 nitrogen and oxygen atoms in total. The molecule has 0 aromatic heterocycles. The third kappa shape index (κ3) is 3.82. The van der Waals surface area contributed by atoms with Gasteiger partial charge in [-0.05, 0) is 24.8 Å². The molecule has 2 heteroatoms. The van der Waals surface area contributed by atoms with E-state index in [4.69, 9.17) is 4.74 Å². The van der Waals surface area contributed by atoms with Gasteiger partial charge in [0.05, 0.1) is 12.8 Å². The monoisotopic (exact) mass is 419 g/mol. The van der Waals surface area contributed by atoms with Crippen molar-refractivity contribution in [2.75, 3.05) is 0 Å². The number of nitrogens with zero attached hydrogens (tertiary/aromatic N) is 1. The zero-order valence-electron chi connectivity index (χ0n) is 17.6. The summed E-state index contributed by atoms with van der Waals surface area (Å²) in [6.45, 7) is 0. The first kappa shape index (κ1) is 19.8. The zero-order valence-corrected chi connectivity index (χ0v) is 18.5. The van der Waals surface area contributed by atoms with Crippen LogP contribution in [0.2, 0.25) is 0 Å². The summed E-state index contributed by atoms with van der Waals surface area (Å²) in [7, 11) is -2.24. The van der Waals surface area contributed by atoms with Gasteiger partial charge in [0.2, 0.25) is 0 Å². The number of benzene rings is 4. The van der Waals surface area contributed by atoms with Crippen molar-refractivity contribution >= 4 is 28.7 Å². The van der Waals surface area contributed by atoms with E-state index in [-0.39, 0.29) is 0 Å². The fraction of sp³-hybridized carbons (Fsp3) is 0.103. The van der Waals surface area contributed by atoms with Crippen LogP contribution in [-0.4, -0.2) is 0 Å². The number of fused-ring (bicyclic) bond motifs is 1. The van der Waals surface area contributed by atoms with Crippen molar-refractivity contribution in [2.24, 2.45) is 4.74 Å². The van der Waals surface area contributed by atoms with Crippen LogP contribution in [0, 0.1) is 0 Å². The van der Waals surface area contributed by atoms with Crippen molar-refractivity contribution in [1.29, 1.82) is 0 Å². The smallest absolute Gasteiger partial charge is 0.0660 e. The standard InChI is InChI=1S/C29H26NP/c1-4-16-25(17-5-1)31(26-18-6-2-7-19-26,27-20-8-3-9-21-27)30-29-23-13-11-15-24-14-10-12-22-28(24)29/h1-10,12,14,16-23H,11,13,15H2. The lowest BCUT2D eigenvalue weighted by Gasteiger charge is -2.27. The van der Waals surface area contributed by atoms with Crippen molar-refractivity contribution in [2.45, 2.75) is 19.3 Å². The maximum absolute atomic E-state index is 5.75. The van der Waals surface area contributed by atoms with E-state index in [1.54, 1.807) is 0 Å². The second kappa shape index (κ2) is 8.92. The Bertz CT molecular complexity index is 1140. The summed E-state index contributed by atoms with van der Waals surface area (Å²) in [5.41, 5.74) is 3.83. The quantitative estimate of drug-likeness (QED) is 0.333. The van der Waals surface area contributed by atoms with Crippen LogP contribution < -0.4 is 15.9 Å². The van der Waals surface area contributed by atoms with Gasteiger partial charge in [-0.25, -0.2) is 0 Å². The molecule has 0 aliphatic heterocycles. The largest absolute Gasteiger partial charge is 0.254 e. The van der Waals surface area contributed by atoms with Gasteiger partial charge in [0, 0.05) is 21.5 Å². The Morgan fingerprint density at radius 2 is 1.03 bits per heavy atom. The topological polar surface area (TPSA) is 12.4 Å². The third-order valence-corrected chi connectivity index (χ3v) is 9.58. The van der Waals surface area contributed by atoms with E-state index in [1.165, 1.54) is 33.5 Å². The molecule has 0 unspecified atom stereocenters. The van der Waals surface area contributed by atoms with Gasteiger partial charge in [0.1, 0.15) is 0 Å². The van der Waals surface area contributed by atoms with E-state index < -0.39 is 7.05 Å². The summed E-state index contributed by atoms with van der Waals surface area (Å²) in [6.07, 6.45) is 5.70. The Morgan fingerprint density at radius 3 is 1.58 bits per heavy atom. The summed E-state index contributed by atoms with van der Waals surface area (Å²) in [5.74, 6) is 0. The average molecular weight is 420 g/mol. The number of allylic oxidation sites excluding steroid dienone is 1. The van der Waals surface area contributed by atoms with Crippen LogP contribution in [0.4, 0.5) is 0 Å². The Labute approximate surface area is 185 Å². The van der Waals surface area contributed by atoms with Gasteiger partial charge < -0.3 is 0 Å². The molecule has 0 amide bonds. The van der Waals surface area contributed by atoms with E-state index >= 15 is 0 Å². The molecule has 0 bridgehead atoms.